The molecule has 6 nitrogen and oxygen atoms in total. The molecule has 2 rings (SSSR count). The molecule has 8 heteroatoms. The zero-order valence-corrected chi connectivity index (χ0v) is 13.6. The van der Waals surface area contributed by atoms with Crippen molar-refractivity contribution < 1.29 is 4.90 Å². The Hall–Kier alpha value is -1.63. The van der Waals surface area contributed by atoms with Crippen LogP contribution in [0.25, 0.3) is 0 Å². The van der Waals surface area contributed by atoms with E-state index >= 15 is 0 Å². The molecular formula is C14H19Cl2N6+. The fourth-order valence-electron chi connectivity index (χ4n) is 2.02. The van der Waals surface area contributed by atoms with Crippen LogP contribution in [0.15, 0.2) is 30.3 Å². The van der Waals surface area contributed by atoms with E-state index in [2.05, 4.69) is 20.3 Å². The van der Waals surface area contributed by atoms with Crippen molar-refractivity contribution in [2.75, 3.05) is 35.9 Å². The van der Waals surface area contributed by atoms with Crippen LogP contribution in [0.3, 0.4) is 0 Å². The number of nitrogen functional groups attached to an aromatic ring is 1. The van der Waals surface area contributed by atoms with Crippen molar-refractivity contribution in [1.29, 1.82) is 0 Å². The summed E-state index contributed by atoms with van der Waals surface area (Å²) >= 11 is 11.6. The van der Waals surface area contributed by atoms with Crippen LogP contribution >= 0.6 is 23.2 Å². The van der Waals surface area contributed by atoms with Crippen molar-refractivity contribution >= 4 is 40.8 Å². The monoisotopic (exact) mass is 341 g/mol. The highest BCUT2D eigenvalue weighted by Gasteiger charge is 2.13. The first kappa shape index (κ1) is 16.7. The Morgan fingerprint density at radius 3 is 2.32 bits per heavy atom. The highest BCUT2D eigenvalue weighted by molar-refractivity contribution is 6.18. The van der Waals surface area contributed by atoms with Crippen LogP contribution in [0, 0.1) is 0 Å². The average molecular weight is 342 g/mol. The first-order chi connectivity index (χ1) is 10.7. The molecule has 0 aliphatic rings. The van der Waals surface area contributed by atoms with E-state index in [9.17, 15) is 0 Å². The number of nitrogens with two attached hydrogens (primary N) is 1. The molecule has 1 aromatic heterocycles. The molecule has 0 amide bonds. The predicted molar refractivity (Wildman–Crippen MR) is 89.8 cm³/mol. The second-order valence-corrected chi connectivity index (χ2v) is 5.49. The van der Waals surface area contributed by atoms with Crippen LogP contribution in [-0.2, 0) is 6.54 Å². The largest absolute Gasteiger partial charge is 0.368 e. The zero-order chi connectivity index (χ0) is 15.8. The van der Waals surface area contributed by atoms with Gasteiger partial charge in [0.1, 0.15) is 6.54 Å². The summed E-state index contributed by atoms with van der Waals surface area (Å²) in [6.45, 7) is 2.19. The lowest BCUT2D eigenvalue weighted by Crippen LogP contribution is -3.11. The van der Waals surface area contributed by atoms with Gasteiger partial charge < -0.3 is 16.0 Å². The van der Waals surface area contributed by atoms with Crippen LogP contribution in [-0.4, -0.2) is 39.8 Å². The zero-order valence-electron chi connectivity index (χ0n) is 12.1. The van der Waals surface area contributed by atoms with E-state index in [-0.39, 0.29) is 5.95 Å². The molecule has 0 atom stereocenters. The summed E-state index contributed by atoms with van der Waals surface area (Å²) < 4.78 is 0. The number of benzene rings is 1. The highest BCUT2D eigenvalue weighted by Crippen LogP contribution is 2.12. The highest BCUT2D eigenvalue weighted by atomic mass is 35.5. The molecule has 4 N–H and O–H groups in total. The van der Waals surface area contributed by atoms with E-state index in [4.69, 9.17) is 28.9 Å². The average Bonchev–Trinajstić information content (AvgIpc) is 2.48. The number of halogens is 2. The van der Waals surface area contributed by atoms with Gasteiger partial charge in [-0.3, -0.25) is 0 Å². The molecule has 22 heavy (non-hydrogen) atoms. The minimum absolute atomic E-state index is 0.194. The third-order valence-electron chi connectivity index (χ3n) is 3.03. The fourth-order valence-corrected chi connectivity index (χ4v) is 2.55. The van der Waals surface area contributed by atoms with Crippen LogP contribution in [0.1, 0.15) is 5.82 Å². The van der Waals surface area contributed by atoms with E-state index in [1.807, 2.05) is 30.3 Å². The maximum absolute atomic E-state index is 5.81. The van der Waals surface area contributed by atoms with E-state index < -0.39 is 0 Å². The number of hydrogen-bond acceptors (Lipinski definition) is 5. The Kier molecular flexibility index (Phi) is 6.64. The van der Waals surface area contributed by atoms with E-state index in [0.29, 0.717) is 30.1 Å². The number of aromatic nitrogens is 3. The second-order valence-electron chi connectivity index (χ2n) is 4.73. The SMILES string of the molecule is Nc1nc(C[NH+](CCCl)CCCl)nc(Nc2ccccc2)n1. The molecular weight excluding hydrogens is 323 g/mol. The molecule has 2 aromatic rings. The third-order valence-corrected chi connectivity index (χ3v) is 3.41. The molecule has 1 aromatic carbocycles. The first-order valence-corrected chi connectivity index (χ1v) is 8.06. The minimum atomic E-state index is 0.194. The summed E-state index contributed by atoms with van der Waals surface area (Å²) in [6.07, 6.45) is 0. The van der Waals surface area contributed by atoms with Gasteiger partial charge in [0.05, 0.1) is 24.8 Å². The van der Waals surface area contributed by atoms with Gasteiger partial charge in [-0.1, -0.05) is 18.2 Å². The number of nitrogens with one attached hydrogen (secondary N) is 2. The van der Waals surface area contributed by atoms with Crippen LogP contribution in [0.2, 0.25) is 0 Å². The number of quaternary nitrogens is 1. The molecule has 0 unspecified atom stereocenters. The standard InChI is InChI=1S/C14H18Cl2N6/c15-6-8-22(9-7-16)10-12-19-13(17)21-14(20-12)18-11-4-2-1-3-5-11/h1-5H,6-10H2,(H3,17,18,19,20,21)/p+1. The molecule has 0 bridgehead atoms. The molecule has 0 spiro atoms. The molecule has 0 fully saturated rings. The Morgan fingerprint density at radius 2 is 1.68 bits per heavy atom. The number of alkyl halides is 2. The quantitative estimate of drug-likeness (QED) is 0.625. The summed E-state index contributed by atoms with van der Waals surface area (Å²) in [7, 11) is 0. The number of nitrogens with zero attached hydrogens (tertiary/aromatic N) is 3. The smallest absolute Gasteiger partial charge is 0.232 e. The minimum Gasteiger partial charge on any atom is -0.368 e. The van der Waals surface area contributed by atoms with E-state index in [1.165, 1.54) is 4.90 Å². The van der Waals surface area contributed by atoms with Gasteiger partial charge >= 0.3 is 0 Å². The summed E-state index contributed by atoms with van der Waals surface area (Å²) in [5, 5.41) is 3.12. The van der Waals surface area contributed by atoms with Gasteiger partial charge in [0.25, 0.3) is 0 Å². The number of hydrogen-bond donors (Lipinski definition) is 3. The second kappa shape index (κ2) is 8.73. The third kappa shape index (κ3) is 5.29. The van der Waals surface area contributed by atoms with Crippen LogP contribution in [0.4, 0.5) is 17.6 Å². The lowest BCUT2D eigenvalue weighted by Gasteiger charge is -2.16. The van der Waals surface area contributed by atoms with Gasteiger partial charge in [0.15, 0.2) is 5.82 Å². The normalized spacial score (nSPS) is 10.9. The van der Waals surface area contributed by atoms with Crippen LogP contribution in [0.5, 0.6) is 0 Å². The Bertz CT molecular complexity index is 575. The van der Waals surface area contributed by atoms with Gasteiger partial charge in [0.2, 0.25) is 11.9 Å². The van der Waals surface area contributed by atoms with Crippen molar-refractivity contribution in [1.82, 2.24) is 15.0 Å². The summed E-state index contributed by atoms with van der Waals surface area (Å²) in [5.74, 6) is 2.37. The maximum atomic E-state index is 5.81. The van der Waals surface area contributed by atoms with Gasteiger partial charge in [-0.15, -0.1) is 23.2 Å². The summed E-state index contributed by atoms with van der Waals surface area (Å²) in [4.78, 5) is 13.9. The molecule has 1 heterocycles. The van der Waals surface area contributed by atoms with Gasteiger partial charge in [-0.25, -0.2) is 0 Å². The molecule has 0 radical (unpaired) electrons. The van der Waals surface area contributed by atoms with Crippen molar-refractivity contribution in [3.63, 3.8) is 0 Å². The Morgan fingerprint density at radius 1 is 1.00 bits per heavy atom. The van der Waals surface area contributed by atoms with Crippen LogP contribution < -0.4 is 16.0 Å². The van der Waals surface area contributed by atoms with Crippen molar-refractivity contribution in [2.45, 2.75) is 6.54 Å². The lowest BCUT2D eigenvalue weighted by atomic mass is 10.3. The molecule has 0 saturated heterocycles. The van der Waals surface area contributed by atoms with Crippen molar-refractivity contribution in [3.05, 3.63) is 36.2 Å². The summed E-state index contributed by atoms with van der Waals surface area (Å²) in [5.41, 5.74) is 6.67. The molecule has 118 valence electrons. The van der Waals surface area contributed by atoms with Gasteiger partial charge in [-0.2, -0.15) is 15.0 Å². The fraction of sp³-hybridized carbons (Fsp3) is 0.357. The maximum Gasteiger partial charge on any atom is 0.232 e. The first-order valence-electron chi connectivity index (χ1n) is 6.99. The molecule has 0 aliphatic heterocycles. The van der Waals surface area contributed by atoms with E-state index in [0.717, 1.165) is 18.8 Å². The van der Waals surface area contributed by atoms with Gasteiger partial charge in [0, 0.05) is 5.69 Å². The molecule has 0 saturated carbocycles. The topological polar surface area (TPSA) is 81.2 Å². The number of para-hydroxylation sites is 1. The number of anilines is 3. The lowest BCUT2D eigenvalue weighted by molar-refractivity contribution is -0.909. The summed E-state index contributed by atoms with van der Waals surface area (Å²) in [6, 6.07) is 9.66. The Labute approximate surface area is 139 Å². The van der Waals surface area contributed by atoms with E-state index in [1.54, 1.807) is 0 Å². The predicted octanol–water partition coefficient (Wildman–Crippen LogP) is 1.06. The number of rotatable bonds is 8. The van der Waals surface area contributed by atoms with Gasteiger partial charge in [-0.05, 0) is 12.1 Å². The molecule has 0 aliphatic carbocycles. The van der Waals surface area contributed by atoms with Crippen molar-refractivity contribution in [3.8, 4) is 0 Å². The Balaban J connectivity index is 2.12. The van der Waals surface area contributed by atoms with Crippen molar-refractivity contribution in [2.24, 2.45) is 0 Å².